The Balaban J connectivity index is 0.00000210. The number of carbonyl (C=O) groups is 3. The van der Waals surface area contributed by atoms with Gasteiger partial charge in [0.15, 0.2) is 0 Å². The van der Waals surface area contributed by atoms with Crippen molar-refractivity contribution in [3.05, 3.63) is 29.8 Å². The van der Waals surface area contributed by atoms with Gasteiger partial charge in [-0.25, -0.2) is 0 Å². The lowest BCUT2D eigenvalue weighted by Gasteiger charge is -2.24. The third kappa shape index (κ3) is 3.19. The lowest BCUT2D eigenvalue weighted by atomic mass is 9.81. The van der Waals surface area contributed by atoms with Crippen LogP contribution < -0.4 is 4.90 Å². The fraction of sp³-hybridized carbons (Fsp3) is 0.526. The number of hydrogen-bond donors (Lipinski definition) is 0. The highest BCUT2D eigenvalue weighted by Gasteiger charge is 2.57. The number of likely N-dealkylation sites (tertiary alicyclic amines) is 1. The van der Waals surface area contributed by atoms with Gasteiger partial charge in [-0.15, -0.1) is 12.4 Å². The number of halogens is 1. The summed E-state index contributed by atoms with van der Waals surface area (Å²) in [6, 6.07) is 7.16. The number of esters is 1. The first-order valence-corrected chi connectivity index (χ1v) is 8.91. The monoisotopic (exact) mass is 394 g/mol. The molecule has 2 atom stereocenters. The number of methoxy groups -OCH3 is 1. The average molecular weight is 395 g/mol. The summed E-state index contributed by atoms with van der Waals surface area (Å²) in [6.45, 7) is 2.21. The largest absolute Gasteiger partial charge is 0.468 e. The molecule has 146 valence electrons. The molecule has 0 saturated carbocycles. The second-order valence-corrected chi connectivity index (χ2v) is 7.24. The Labute approximate surface area is 164 Å². The Morgan fingerprint density at radius 2 is 2.15 bits per heavy atom. The smallest absolute Gasteiger partial charge is 0.316 e. The topological polar surface area (TPSA) is 76.2 Å². The molecule has 8 heteroatoms. The van der Waals surface area contributed by atoms with E-state index in [9.17, 15) is 14.4 Å². The molecule has 0 N–H and O–H groups in total. The van der Waals surface area contributed by atoms with Crippen molar-refractivity contribution in [2.45, 2.75) is 12.8 Å². The fourth-order valence-electron chi connectivity index (χ4n) is 4.29. The van der Waals surface area contributed by atoms with Gasteiger partial charge in [-0.05, 0) is 24.6 Å². The molecule has 3 aliphatic rings. The molecule has 3 fully saturated rings. The van der Waals surface area contributed by atoms with Crippen LogP contribution >= 0.6 is 12.4 Å². The molecular formula is C19H23ClN2O5. The summed E-state index contributed by atoms with van der Waals surface area (Å²) in [5, 5.41) is 0. The Kier molecular flexibility index (Phi) is 5.44. The lowest BCUT2D eigenvalue weighted by Crippen LogP contribution is -2.41. The number of ether oxygens (including phenoxy) is 2. The van der Waals surface area contributed by atoms with E-state index in [1.165, 1.54) is 7.11 Å². The van der Waals surface area contributed by atoms with Crippen molar-refractivity contribution < 1.29 is 23.9 Å². The van der Waals surface area contributed by atoms with Crippen LogP contribution in [0.3, 0.4) is 0 Å². The van der Waals surface area contributed by atoms with Gasteiger partial charge in [0, 0.05) is 43.2 Å². The summed E-state index contributed by atoms with van der Waals surface area (Å²) in [4.78, 5) is 40.7. The zero-order valence-electron chi connectivity index (χ0n) is 15.2. The number of amides is 2. The molecule has 7 nitrogen and oxygen atoms in total. The Morgan fingerprint density at radius 1 is 1.33 bits per heavy atom. The van der Waals surface area contributed by atoms with E-state index in [-0.39, 0.29) is 42.7 Å². The minimum atomic E-state index is -0.757. The molecular weight excluding hydrogens is 372 g/mol. The predicted molar refractivity (Wildman–Crippen MR) is 99.9 cm³/mol. The van der Waals surface area contributed by atoms with Gasteiger partial charge >= 0.3 is 5.97 Å². The first-order chi connectivity index (χ1) is 12.5. The number of nitrogens with zero attached hydrogens (tertiary/aromatic N) is 2. The van der Waals surface area contributed by atoms with Crippen molar-refractivity contribution in [3.63, 3.8) is 0 Å². The van der Waals surface area contributed by atoms with Crippen LogP contribution in [0.1, 0.15) is 23.2 Å². The van der Waals surface area contributed by atoms with Crippen molar-refractivity contribution in [3.8, 4) is 0 Å². The summed E-state index contributed by atoms with van der Waals surface area (Å²) in [5.41, 5.74) is 0.527. The zero-order chi connectivity index (χ0) is 18.3. The van der Waals surface area contributed by atoms with Crippen LogP contribution in [0.2, 0.25) is 0 Å². The third-order valence-corrected chi connectivity index (χ3v) is 5.73. The Hall–Kier alpha value is -2.12. The molecule has 0 radical (unpaired) electrons. The molecule has 0 unspecified atom stereocenters. The van der Waals surface area contributed by atoms with Gasteiger partial charge in [0.2, 0.25) is 5.91 Å². The van der Waals surface area contributed by atoms with Crippen LogP contribution in [0.5, 0.6) is 0 Å². The van der Waals surface area contributed by atoms with Crippen LogP contribution in [0, 0.1) is 11.3 Å². The standard InChI is InChI=1S/C19H22N2O5.ClH/c1-25-18(24)19-11-20(9-14(19)10-26-12-19)17(23)13-4-2-5-15(8-13)21-7-3-6-16(21)22;/h2,4-5,8,14H,3,6-7,9-12H2,1H3;1H/t14-,19-;/m0./s1. The van der Waals surface area contributed by atoms with Crippen molar-refractivity contribution in [1.29, 1.82) is 0 Å². The van der Waals surface area contributed by atoms with E-state index in [1.807, 2.05) is 6.07 Å². The van der Waals surface area contributed by atoms with Crippen molar-refractivity contribution >= 4 is 35.9 Å². The summed E-state index contributed by atoms with van der Waals surface area (Å²) in [5.74, 6) is -0.391. The molecule has 3 aliphatic heterocycles. The number of fused-ring (bicyclic) bond motifs is 1. The minimum Gasteiger partial charge on any atom is -0.468 e. The Morgan fingerprint density at radius 3 is 2.85 bits per heavy atom. The average Bonchev–Trinajstić information content (AvgIpc) is 3.34. The molecule has 0 spiro atoms. The van der Waals surface area contributed by atoms with Gasteiger partial charge in [-0.2, -0.15) is 0 Å². The van der Waals surface area contributed by atoms with E-state index >= 15 is 0 Å². The zero-order valence-corrected chi connectivity index (χ0v) is 16.0. The maximum Gasteiger partial charge on any atom is 0.316 e. The summed E-state index contributed by atoms with van der Waals surface area (Å²) < 4.78 is 10.5. The molecule has 2 amide bonds. The maximum absolute atomic E-state index is 13.0. The molecule has 4 rings (SSSR count). The van der Waals surface area contributed by atoms with Crippen LogP contribution in [-0.2, 0) is 19.1 Å². The molecule has 1 aromatic rings. The van der Waals surface area contributed by atoms with E-state index < -0.39 is 5.41 Å². The minimum absolute atomic E-state index is 0. The quantitative estimate of drug-likeness (QED) is 0.726. The molecule has 0 aliphatic carbocycles. The van der Waals surface area contributed by atoms with Crippen LogP contribution in [0.4, 0.5) is 5.69 Å². The highest BCUT2D eigenvalue weighted by Crippen LogP contribution is 2.42. The van der Waals surface area contributed by atoms with E-state index in [0.29, 0.717) is 38.2 Å². The molecule has 0 bridgehead atoms. The van der Waals surface area contributed by atoms with Gasteiger partial charge in [0.05, 0.1) is 20.3 Å². The van der Waals surface area contributed by atoms with Gasteiger partial charge in [0.25, 0.3) is 5.91 Å². The lowest BCUT2D eigenvalue weighted by molar-refractivity contribution is -0.153. The van der Waals surface area contributed by atoms with Crippen molar-refractivity contribution in [2.75, 3.05) is 44.9 Å². The predicted octanol–water partition coefficient (Wildman–Crippen LogP) is 1.50. The highest BCUT2D eigenvalue weighted by atomic mass is 35.5. The van der Waals surface area contributed by atoms with Crippen LogP contribution in [0.15, 0.2) is 24.3 Å². The first kappa shape index (κ1) is 19.6. The van der Waals surface area contributed by atoms with Crippen molar-refractivity contribution in [2.24, 2.45) is 11.3 Å². The highest BCUT2D eigenvalue weighted by molar-refractivity contribution is 5.99. The SMILES string of the molecule is COC(=O)[C@@]12COC[C@@H]1CN(C(=O)c1cccc(N3CCCC3=O)c1)C2.Cl. The van der Waals surface area contributed by atoms with E-state index in [4.69, 9.17) is 9.47 Å². The maximum atomic E-state index is 13.0. The van der Waals surface area contributed by atoms with E-state index in [1.54, 1.807) is 28.0 Å². The van der Waals surface area contributed by atoms with Crippen LogP contribution in [0.25, 0.3) is 0 Å². The second kappa shape index (κ2) is 7.48. The molecule has 3 saturated heterocycles. The molecule has 1 aromatic carbocycles. The number of benzene rings is 1. The van der Waals surface area contributed by atoms with Gasteiger partial charge in [-0.1, -0.05) is 6.07 Å². The second-order valence-electron chi connectivity index (χ2n) is 7.24. The number of carbonyl (C=O) groups excluding carboxylic acids is 3. The number of rotatable bonds is 3. The number of anilines is 1. The third-order valence-electron chi connectivity index (χ3n) is 5.73. The summed E-state index contributed by atoms with van der Waals surface area (Å²) in [6.07, 6.45) is 1.39. The fourth-order valence-corrected chi connectivity index (χ4v) is 4.29. The van der Waals surface area contributed by atoms with Gasteiger partial charge < -0.3 is 19.3 Å². The first-order valence-electron chi connectivity index (χ1n) is 8.91. The summed E-state index contributed by atoms with van der Waals surface area (Å²) in [7, 11) is 1.37. The van der Waals surface area contributed by atoms with E-state index in [2.05, 4.69) is 0 Å². The summed E-state index contributed by atoms with van der Waals surface area (Å²) >= 11 is 0. The molecule has 3 heterocycles. The Bertz CT molecular complexity index is 770. The molecule has 27 heavy (non-hydrogen) atoms. The normalized spacial score (nSPS) is 26.7. The van der Waals surface area contributed by atoms with Crippen LogP contribution in [-0.4, -0.2) is 62.6 Å². The molecule has 0 aromatic heterocycles. The number of hydrogen-bond acceptors (Lipinski definition) is 5. The van der Waals surface area contributed by atoms with E-state index in [0.717, 1.165) is 12.1 Å². The van der Waals surface area contributed by atoms with Gasteiger partial charge in [-0.3, -0.25) is 14.4 Å². The van der Waals surface area contributed by atoms with Crippen molar-refractivity contribution in [1.82, 2.24) is 4.90 Å². The van der Waals surface area contributed by atoms with Gasteiger partial charge in [0.1, 0.15) is 5.41 Å².